The Morgan fingerprint density at radius 2 is 1.93 bits per heavy atom. The Bertz CT molecular complexity index is 454. The van der Waals surface area contributed by atoms with Gasteiger partial charge in [0.15, 0.2) is 0 Å². The van der Waals surface area contributed by atoms with Gasteiger partial charge in [0.2, 0.25) is 0 Å². The van der Waals surface area contributed by atoms with Crippen molar-refractivity contribution in [2.24, 2.45) is 0 Å². The summed E-state index contributed by atoms with van der Waals surface area (Å²) in [7, 11) is -5.00. The molecular weight excluding hydrogens is 238 g/mol. The van der Waals surface area contributed by atoms with Crippen molar-refractivity contribution < 1.29 is 25.5 Å². The molecule has 0 aliphatic rings. The number of hydrogen-bond acceptors (Lipinski definition) is 3. The van der Waals surface area contributed by atoms with Gasteiger partial charge in [0.1, 0.15) is 11.4 Å². The third-order valence-corrected chi connectivity index (χ3v) is 2.14. The van der Waals surface area contributed by atoms with Crippen LogP contribution in [0.1, 0.15) is 11.3 Å². The van der Waals surface area contributed by atoms with Crippen LogP contribution in [0.5, 0.6) is 0 Å². The van der Waals surface area contributed by atoms with Gasteiger partial charge in [-0.15, -0.1) is 3.89 Å². The number of hydrogen-bond donors (Lipinski definition) is 0. The smallest absolute Gasteiger partial charge is 0.251 e. The maximum atomic E-state index is 12.2. The van der Waals surface area contributed by atoms with Gasteiger partial charge in [-0.1, -0.05) is 6.07 Å². The molecule has 0 atom stereocenters. The lowest BCUT2D eigenvalue weighted by Gasteiger charge is -2.09. The number of pyridine rings is 1. The normalized spacial score (nSPS) is 12.8. The van der Waals surface area contributed by atoms with Crippen molar-refractivity contribution in [1.82, 2.24) is 4.98 Å². The summed E-state index contributed by atoms with van der Waals surface area (Å²) in [5.74, 6) is -1.32. The van der Waals surface area contributed by atoms with Crippen molar-refractivity contribution in [3.05, 3.63) is 29.6 Å². The molecule has 1 rings (SSSR count). The molecular formula is C7H5F4NO2S. The zero-order valence-corrected chi connectivity index (χ0v) is 7.94. The molecule has 1 heterocycles. The van der Waals surface area contributed by atoms with Crippen LogP contribution in [0.25, 0.3) is 0 Å². The van der Waals surface area contributed by atoms with E-state index in [0.29, 0.717) is 0 Å². The number of nitrogens with zero attached hydrogens (tertiary/aromatic N) is 1. The fourth-order valence-corrected chi connectivity index (χ4v) is 1.60. The molecule has 0 bridgehead atoms. The van der Waals surface area contributed by atoms with E-state index in [-0.39, 0.29) is 0 Å². The van der Waals surface area contributed by atoms with E-state index in [4.69, 9.17) is 0 Å². The van der Waals surface area contributed by atoms with Gasteiger partial charge in [-0.2, -0.15) is 21.6 Å². The zero-order chi connectivity index (χ0) is 11.7. The fraction of sp³-hybridized carbons (Fsp3) is 0.286. The van der Waals surface area contributed by atoms with E-state index in [2.05, 4.69) is 4.98 Å². The van der Waals surface area contributed by atoms with Gasteiger partial charge in [0.05, 0.1) is 0 Å². The van der Waals surface area contributed by atoms with Crippen LogP contribution in [-0.4, -0.2) is 13.4 Å². The summed E-state index contributed by atoms with van der Waals surface area (Å²) >= 11 is 0. The van der Waals surface area contributed by atoms with Crippen LogP contribution in [0.2, 0.25) is 0 Å². The molecule has 0 saturated heterocycles. The monoisotopic (exact) mass is 243 g/mol. The summed E-state index contributed by atoms with van der Waals surface area (Å²) in [5.41, 5.74) is -2.08. The maximum absolute atomic E-state index is 12.2. The highest BCUT2D eigenvalue weighted by molar-refractivity contribution is 7.85. The van der Waals surface area contributed by atoms with Gasteiger partial charge in [-0.25, -0.2) is 0 Å². The van der Waals surface area contributed by atoms with E-state index in [1.165, 1.54) is 0 Å². The van der Waals surface area contributed by atoms with Crippen LogP contribution in [0.4, 0.5) is 17.1 Å². The van der Waals surface area contributed by atoms with Crippen LogP contribution >= 0.6 is 0 Å². The molecule has 0 radical (unpaired) electrons. The summed E-state index contributed by atoms with van der Waals surface area (Å²) in [4.78, 5) is 2.98. The molecule has 8 heteroatoms. The van der Waals surface area contributed by atoms with E-state index < -0.39 is 33.4 Å². The highest BCUT2D eigenvalue weighted by atomic mass is 32.3. The molecule has 0 amide bonds. The van der Waals surface area contributed by atoms with E-state index >= 15 is 0 Å². The van der Waals surface area contributed by atoms with Crippen LogP contribution < -0.4 is 0 Å². The maximum Gasteiger partial charge on any atom is 0.433 e. The first-order valence-electron chi connectivity index (χ1n) is 3.63. The standard InChI is InChI=1S/C7H5F4NO2S/c8-7(9,10)6-5(2-1-3-12-6)4-15(11,13)14/h1-3H,4H2. The Labute approximate surface area is 83.0 Å². The summed E-state index contributed by atoms with van der Waals surface area (Å²) in [6.45, 7) is 0. The summed E-state index contributed by atoms with van der Waals surface area (Å²) in [6, 6.07) is 1.97. The zero-order valence-electron chi connectivity index (χ0n) is 7.12. The number of rotatable bonds is 2. The molecule has 84 valence electrons. The first-order chi connectivity index (χ1) is 6.70. The van der Waals surface area contributed by atoms with Gasteiger partial charge in [-0.05, 0) is 6.07 Å². The van der Waals surface area contributed by atoms with Crippen LogP contribution in [-0.2, 0) is 22.2 Å². The minimum atomic E-state index is -5.00. The third-order valence-electron chi connectivity index (χ3n) is 1.49. The second-order valence-electron chi connectivity index (χ2n) is 2.69. The predicted octanol–water partition coefficient (Wildman–Crippen LogP) is 1.90. The van der Waals surface area contributed by atoms with Crippen LogP contribution in [0.15, 0.2) is 18.3 Å². The summed E-state index contributed by atoms with van der Waals surface area (Å²) < 4.78 is 69.4. The highest BCUT2D eigenvalue weighted by Crippen LogP contribution is 2.30. The average molecular weight is 243 g/mol. The predicted molar refractivity (Wildman–Crippen MR) is 43.0 cm³/mol. The molecule has 0 spiro atoms. The number of aromatic nitrogens is 1. The Hall–Kier alpha value is -1.18. The second-order valence-corrected chi connectivity index (χ2v) is 4.06. The summed E-state index contributed by atoms with van der Waals surface area (Å²) in [6.07, 6.45) is -3.93. The van der Waals surface area contributed by atoms with Crippen molar-refractivity contribution >= 4 is 10.2 Å². The van der Waals surface area contributed by atoms with Crippen molar-refractivity contribution in [3.8, 4) is 0 Å². The largest absolute Gasteiger partial charge is 0.433 e. The Morgan fingerprint density at radius 3 is 2.40 bits per heavy atom. The Balaban J connectivity index is 3.19. The van der Waals surface area contributed by atoms with Crippen molar-refractivity contribution in [2.45, 2.75) is 11.9 Å². The van der Waals surface area contributed by atoms with E-state index in [0.717, 1.165) is 18.3 Å². The molecule has 0 unspecified atom stereocenters. The molecule has 0 aromatic carbocycles. The van der Waals surface area contributed by atoms with Crippen molar-refractivity contribution in [2.75, 3.05) is 0 Å². The first kappa shape index (κ1) is 11.9. The highest BCUT2D eigenvalue weighted by Gasteiger charge is 2.35. The van der Waals surface area contributed by atoms with Gasteiger partial charge in [0, 0.05) is 11.8 Å². The molecule has 3 nitrogen and oxygen atoms in total. The molecule has 0 N–H and O–H groups in total. The Morgan fingerprint density at radius 1 is 1.33 bits per heavy atom. The van der Waals surface area contributed by atoms with E-state index in [1.807, 2.05) is 0 Å². The molecule has 0 aliphatic heterocycles. The minimum absolute atomic E-state index is 0.701. The van der Waals surface area contributed by atoms with Gasteiger partial charge in [0.25, 0.3) is 0 Å². The molecule has 0 saturated carbocycles. The van der Waals surface area contributed by atoms with Crippen molar-refractivity contribution in [1.29, 1.82) is 0 Å². The quantitative estimate of drug-likeness (QED) is 0.588. The van der Waals surface area contributed by atoms with E-state index in [1.54, 1.807) is 0 Å². The molecule has 1 aromatic rings. The number of halogens is 4. The molecule has 0 fully saturated rings. The lowest BCUT2D eigenvalue weighted by molar-refractivity contribution is -0.141. The fourth-order valence-electron chi connectivity index (χ4n) is 0.996. The Kier molecular flexibility index (Phi) is 2.98. The van der Waals surface area contributed by atoms with Gasteiger partial charge < -0.3 is 0 Å². The SMILES string of the molecule is O=S(=O)(F)Cc1cccnc1C(F)(F)F. The summed E-state index contributed by atoms with van der Waals surface area (Å²) in [5, 5.41) is 0. The third kappa shape index (κ3) is 3.46. The van der Waals surface area contributed by atoms with Gasteiger partial charge >= 0.3 is 16.4 Å². The average Bonchev–Trinajstić information content (AvgIpc) is 1.99. The van der Waals surface area contributed by atoms with Gasteiger partial charge in [-0.3, -0.25) is 4.98 Å². The molecule has 1 aromatic heterocycles. The van der Waals surface area contributed by atoms with Crippen LogP contribution in [0.3, 0.4) is 0 Å². The molecule has 0 aliphatic carbocycles. The topological polar surface area (TPSA) is 47.0 Å². The van der Waals surface area contributed by atoms with Crippen molar-refractivity contribution in [3.63, 3.8) is 0 Å². The minimum Gasteiger partial charge on any atom is -0.251 e. The lowest BCUT2D eigenvalue weighted by atomic mass is 10.2. The van der Waals surface area contributed by atoms with Crippen LogP contribution in [0, 0.1) is 0 Å². The second kappa shape index (κ2) is 3.76. The molecule has 15 heavy (non-hydrogen) atoms. The number of alkyl halides is 3. The first-order valence-corrected chi connectivity index (χ1v) is 5.19. The lowest BCUT2D eigenvalue weighted by Crippen LogP contribution is -2.13. The van der Waals surface area contributed by atoms with E-state index in [9.17, 15) is 25.5 Å².